The smallest absolute Gasteiger partial charge is 0.256 e. The second-order valence-corrected chi connectivity index (χ2v) is 7.47. The van der Waals surface area contributed by atoms with Gasteiger partial charge in [-0.15, -0.1) is 11.8 Å². The molecule has 0 aliphatic heterocycles. The minimum absolute atomic E-state index is 0.124. The van der Waals surface area contributed by atoms with E-state index in [1.807, 2.05) is 36.6 Å². The van der Waals surface area contributed by atoms with Crippen LogP contribution in [-0.2, 0) is 11.2 Å². The largest absolute Gasteiger partial charge is 0.394 e. The number of anilines is 1. The van der Waals surface area contributed by atoms with Crippen molar-refractivity contribution in [2.75, 3.05) is 18.2 Å². The quantitative estimate of drug-likeness (QED) is 0.653. The Bertz CT molecular complexity index is 773. The van der Waals surface area contributed by atoms with Crippen LogP contribution >= 0.6 is 11.8 Å². The van der Waals surface area contributed by atoms with E-state index in [4.69, 9.17) is 0 Å². The molecule has 0 saturated carbocycles. The third-order valence-corrected chi connectivity index (χ3v) is 4.60. The first kappa shape index (κ1) is 20.0. The number of benzene rings is 2. The highest BCUT2D eigenvalue weighted by Gasteiger charge is 2.19. The molecule has 0 spiro atoms. The van der Waals surface area contributed by atoms with Crippen molar-refractivity contribution in [3.63, 3.8) is 0 Å². The van der Waals surface area contributed by atoms with E-state index in [1.165, 1.54) is 11.8 Å². The summed E-state index contributed by atoms with van der Waals surface area (Å²) in [5, 5.41) is 14.9. The number of hydrogen-bond donors (Lipinski definition) is 3. The summed E-state index contributed by atoms with van der Waals surface area (Å²) >= 11 is 1.53. The molecule has 0 unspecified atom stereocenters. The average molecular weight is 372 g/mol. The van der Waals surface area contributed by atoms with Gasteiger partial charge in [0.15, 0.2) is 0 Å². The van der Waals surface area contributed by atoms with Crippen molar-refractivity contribution < 1.29 is 14.7 Å². The summed E-state index contributed by atoms with van der Waals surface area (Å²) in [7, 11) is 0. The maximum absolute atomic E-state index is 12.4. The highest BCUT2D eigenvalue weighted by atomic mass is 32.2. The van der Waals surface area contributed by atoms with Crippen molar-refractivity contribution in [3.8, 4) is 0 Å². The Hall–Kier alpha value is -2.31. The van der Waals surface area contributed by atoms with Crippen LogP contribution in [0.25, 0.3) is 0 Å². The van der Waals surface area contributed by atoms with Crippen molar-refractivity contribution in [2.24, 2.45) is 0 Å². The second-order valence-electron chi connectivity index (χ2n) is 6.62. The van der Waals surface area contributed by atoms with Crippen molar-refractivity contribution in [3.05, 3.63) is 59.7 Å². The predicted molar refractivity (Wildman–Crippen MR) is 106 cm³/mol. The summed E-state index contributed by atoms with van der Waals surface area (Å²) in [6.45, 7) is 3.40. The van der Waals surface area contributed by atoms with Crippen LogP contribution in [0.3, 0.4) is 0 Å². The number of amides is 2. The van der Waals surface area contributed by atoms with Crippen LogP contribution in [0, 0.1) is 0 Å². The van der Waals surface area contributed by atoms with Crippen LogP contribution in [0.4, 0.5) is 5.69 Å². The summed E-state index contributed by atoms with van der Waals surface area (Å²) in [4.78, 5) is 25.4. The molecule has 0 heterocycles. The lowest BCUT2D eigenvalue weighted by atomic mass is 10.1. The van der Waals surface area contributed by atoms with E-state index < -0.39 is 5.54 Å². The molecule has 2 amide bonds. The van der Waals surface area contributed by atoms with Crippen molar-refractivity contribution >= 4 is 29.3 Å². The third-order valence-electron chi connectivity index (χ3n) is 3.80. The number of hydrogen-bond acceptors (Lipinski definition) is 4. The number of aliphatic hydroxyl groups is 1. The first-order valence-electron chi connectivity index (χ1n) is 8.30. The topological polar surface area (TPSA) is 78.4 Å². The lowest BCUT2D eigenvalue weighted by molar-refractivity contribution is -0.122. The van der Waals surface area contributed by atoms with Gasteiger partial charge in [-0.3, -0.25) is 9.59 Å². The molecule has 3 N–H and O–H groups in total. The lowest BCUT2D eigenvalue weighted by Crippen LogP contribution is -2.46. The van der Waals surface area contributed by atoms with Crippen LogP contribution in [0.5, 0.6) is 0 Å². The number of carbonyl (C=O) groups is 2. The van der Waals surface area contributed by atoms with Crippen LogP contribution in [0.2, 0.25) is 0 Å². The fraction of sp³-hybridized carbons (Fsp3) is 0.300. The van der Waals surface area contributed by atoms with Crippen molar-refractivity contribution in [2.45, 2.75) is 30.7 Å². The zero-order chi connectivity index (χ0) is 19.2. The normalized spacial score (nSPS) is 11.1. The average Bonchev–Trinajstić information content (AvgIpc) is 2.62. The lowest BCUT2D eigenvalue weighted by Gasteiger charge is -2.23. The van der Waals surface area contributed by atoms with Gasteiger partial charge in [-0.1, -0.05) is 24.3 Å². The van der Waals surface area contributed by atoms with Crippen molar-refractivity contribution in [1.29, 1.82) is 0 Å². The number of carbonyl (C=O) groups excluding carboxylic acids is 2. The Kier molecular flexibility index (Phi) is 6.83. The van der Waals surface area contributed by atoms with Gasteiger partial charge in [0, 0.05) is 10.6 Å². The zero-order valence-electron chi connectivity index (χ0n) is 15.2. The van der Waals surface area contributed by atoms with Gasteiger partial charge in [-0.25, -0.2) is 0 Å². The van der Waals surface area contributed by atoms with Gasteiger partial charge in [0.2, 0.25) is 5.91 Å². The van der Waals surface area contributed by atoms with Crippen LogP contribution in [0.1, 0.15) is 29.8 Å². The van der Waals surface area contributed by atoms with Gasteiger partial charge in [-0.2, -0.15) is 0 Å². The Balaban J connectivity index is 1.99. The maximum atomic E-state index is 12.4. The summed E-state index contributed by atoms with van der Waals surface area (Å²) in [6.07, 6.45) is 2.15. The molecule has 0 radical (unpaired) electrons. The van der Waals surface area contributed by atoms with Gasteiger partial charge in [0.1, 0.15) is 0 Å². The maximum Gasteiger partial charge on any atom is 0.256 e. The molecule has 0 aliphatic rings. The monoisotopic (exact) mass is 372 g/mol. The summed E-state index contributed by atoms with van der Waals surface area (Å²) < 4.78 is 0. The van der Waals surface area contributed by atoms with Crippen LogP contribution < -0.4 is 10.6 Å². The standard InChI is InChI=1S/C20H24N2O3S/c1-20(2,13-23)22-18(24)12-14-8-10-15(11-9-14)21-19(25)16-6-4-5-7-17(16)26-3/h4-11,23H,12-13H2,1-3H3,(H,21,25)(H,22,24). The molecular formula is C20H24N2O3S. The Morgan fingerprint density at radius 2 is 1.73 bits per heavy atom. The molecule has 0 aromatic heterocycles. The molecule has 0 fully saturated rings. The van der Waals surface area contributed by atoms with Gasteiger partial charge in [-0.05, 0) is 49.9 Å². The third kappa shape index (κ3) is 5.61. The fourth-order valence-corrected chi connectivity index (χ4v) is 2.98. The Labute approximate surface area is 158 Å². The van der Waals surface area contributed by atoms with E-state index in [0.29, 0.717) is 11.3 Å². The van der Waals surface area contributed by atoms with E-state index in [9.17, 15) is 14.7 Å². The molecule has 0 saturated heterocycles. The minimum atomic E-state index is -0.643. The molecule has 2 aromatic carbocycles. The number of rotatable bonds is 7. The molecule has 0 bridgehead atoms. The summed E-state index contributed by atoms with van der Waals surface area (Å²) in [6, 6.07) is 14.6. The zero-order valence-corrected chi connectivity index (χ0v) is 16.0. The first-order valence-corrected chi connectivity index (χ1v) is 9.52. The second kappa shape index (κ2) is 8.87. The number of thioether (sulfide) groups is 1. The summed E-state index contributed by atoms with van der Waals surface area (Å²) in [5.41, 5.74) is 1.49. The fourth-order valence-electron chi connectivity index (χ4n) is 2.38. The van der Waals surface area contributed by atoms with Crippen LogP contribution in [-0.4, -0.2) is 35.3 Å². The number of nitrogens with one attached hydrogen (secondary N) is 2. The summed E-state index contributed by atoms with van der Waals surface area (Å²) in [5.74, 6) is -0.320. The first-order chi connectivity index (χ1) is 12.3. The Morgan fingerprint density at radius 3 is 2.35 bits per heavy atom. The SMILES string of the molecule is CSc1ccccc1C(=O)Nc1ccc(CC(=O)NC(C)(C)CO)cc1. The molecule has 138 valence electrons. The number of aliphatic hydroxyl groups excluding tert-OH is 1. The van der Waals surface area contributed by atoms with E-state index in [-0.39, 0.29) is 24.8 Å². The van der Waals surface area contributed by atoms with Gasteiger partial charge in [0.05, 0.1) is 24.1 Å². The molecule has 6 heteroatoms. The van der Waals surface area contributed by atoms with E-state index in [1.54, 1.807) is 32.0 Å². The highest BCUT2D eigenvalue weighted by molar-refractivity contribution is 7.98. The van der Waals surface area contributed by atoms with Gasteiger partial charge in [0.25, 0.3) is 5.91 Å². The van der Waals surface area contributed by atoms with E-state index in [0.717, 1.165) is 10.5 Å². The molecule has 2 rings (SSSR count). The van der Waals surface area contributed by atoms with Crippen molar-refractivity contribution in [1.82, 2.24) is 5.32 Å². The van der Waals surface area contributed by atoms with Crippen LogP contribution in [0.15, 0.2) is 53.4 Å². The van der Waals surface area contributed by atoms with Gasteiger partial charge < -0.3 is 15.7 Å². The van der Waals surface area contributed by atoms with E-state index in [2.05, 4.69) is 10.6 Å². The van der Waals surface area contributed by atoms with E-state index >= 15 is 0 Å². The molecule has 26 heavy (non-hydrogen) atoms. The molecule has 2 aromatic rings. The molecule has 0 atom stereocenters. The molecule has 0 aliphatic carbocycles. The molecule has 5 nitrogen and oxygen atoms in total. The van der Waals surface area contributed by atoms with Gasteiger partial charge >= 0.3 is 0 Å². The minimum Gasteiger partial charge on any atom is -0.394 e. The predicted octanol–water partition coefficient (Wildman–Crippen LogP) is 3.09. The Morgan fingerprint density at radius 1 is 1.08 bits per heavy atom. The highest BCUT2D eigenvalue weighted by Crippen LogP contribution is 2.21. The molecular weight excluding hydrogens is 348 g/mol.